The highest BCUT2D eigenvalue weighted by atomic mass is 16.5. The molecule has 3 nitrogen and oxygen atoms in total. The third-order valence-corrected chi connectivity index (χ3v) is 4.23. The van der Waals surface area contributed by atoms with Crippen LogP contribution in [0.2, 0.25) is 0 Å². The smallest absolute Gasteiger partial charge is 0.126 e. The Labute approximate surface area is 108 Å². The number of rotatable bonds is 2. The molecule has 0 aromatic heterocycles. The van der Waals surface area contributed by atoms with Gasteiger partial charge in [0, 0.05) is 11.5 Å². The van der Waals surface area contributed by atoms with Gasteiger partial charge in [0.05, 0.1) is 6.04 Å². The summed E-state index contributed by atoms with van der Waals surface area (Å²) in [5.74, 6) is 1.73. The van der Waals surface area contributed by atoms with Gasteiger partial charge in [0.15, 0.2) is 0 Å². The Morgan fingerprint density at radius 3 is 3.17 bits per heavy atom. The molecule has 0 unspecified atom stereocenters. The lowest BCUT2D eigenvalue weighted by Crippen LogP contribution is -2.49. The second-order valence-electron chi connectivity index (χ2n) is 5.35. The van der Waals surface area contributed by atoms with E-state index in [1.165, 1.54) is 25.8 Å². The van der Waals surface area contributed by atoms with Crippen molar-refractivity contribution in [2.45, 2.75) is 38.1 Å². The fourth-order valence-electron chi connectivity index (χ4n) is 3.46. The number of aromatic hydroxyl groups is 1. The van der Waals surface area contributed by atoms with Gasteiger partial charge in [0.2, 0.25) is 0 Å². The number of likely N-dealkylation sites (tertiary alicyclic amines) is 1. The van der Waals surface area contributed by atoms with E-state index in [0.717, 1.165) is 24.5 Å². The van der Waals surface area contributed by atoms with Crippen molar-refractivity contribution in [1.29, 1.82) is 0 Å². The minimum absolute atomic E-state index is 0.403. The molecule has 2 aliphatic rings. The van der Waals surface area contributed by atoms with E-state index in [4.69, 9.17) is 4.74 Å². The summed E-state index contributed by atoms with van der Waals surface area (Å²) in [6, 6.07) is 6.06. The average molecular weight is 247 g/mol. The summed E-state index contributed by atoms with van der Waals surface area (Å²) in [7, 11) is 0. The molecule has 1 N–H and O–H groups in total. The molecule has 0 aliphatic carbocycles. The molecule has 18 heavy (non-hydrogen) atoms. The molecular weight excluding hydrogens is 226 g/mol. The fraction of sp³-hybridized carbons (Fsp3) is 0.600. The van der Waals surface area contributed by atoms with E-state index >= 15 is 0 Å². The van der Waals surface area contributed by atoms with E-state index in [-0.39, 0.29) is 0 Å². The number of ether oxygens (including phenoxy) is 1. The first-order chi connectivity index (χ1) is 8.81. The van der Waals surface area contributed by atoms with Crippen molar-refractivity contribution in [2.75, 3.05) is 19.7 Å². The highest BCUT2D eigenvalue weighted by Crippen LogP contribution is 2.45. The van der Waals surface area contributed by atoms with Crippen LogP contribution in [0.25, 0.3) is 0 Å². The van der Waals surface area contributed by atoms with Crippen molar-refractivity contribution in [3.05, 3.63) is 23.8 Å². The largest absolute Gasteiger partial charge is 0.508 e. The van der Waals surface area contributed by atoms with Crippen molar-refractivity contribution in [2.24, 2.45) is 0 Å². The van der Waals surface area contributed by atoms with E-state index in [9.17, 15) is 5.11 Å². The molecule has 0 radical (unpaired) electrons. The monoisotopic (exact) mass is 247 g/mol. The quantitative estimate of drug-likeness (QED) is 0.872. The summed E-state index contributed by atoms with van der Waals surface area (Å²) in [5, 5.41) is 10.1. The Balaban J connectivity index is 1.94. The highest BCUT2D eigenvalue weighted by molar-refractivity contribution is 5.48. The van der Waals surface area contributed by atoms with Gasteiger partial charge in [-0.2, -0.15) is 0 Å². The van der Waals surface area contributed by atoms with Crippen LogP contribution in [-0.2, 0) is 0 Å². The summed E-state index contributed by atoms with van der Waals surface area (Å²) in [6.45, 7) is 5.29. The van der Waals surface area contributed by atoms with Crippen LogP contribution in [0.15, 0.2) is 18.2 Å². The van der Waals surface area contributed by atoms with Gasteiger partial charge in [0.1, 0.15) is 18.1 Å². The number of fused-ring (bicyclic) bond motifs is 3. The molecule has 2 heterocycles. The minimum atomic E-state index is 0.403. The van der Waals surface area contributed by atoms with Crippen molar-refractivity contribution >= 4 is 0 Å². The average Bonchev–Trinajstić information content (AvgIpc) is 2.39. The summed E-state index contributed by atoms with van der Waals surface area (Å²) in [6.07, 6.45) is 3.56. The minimum Gasteiger partial charge on any atom is -0.508 e. The zero-order chi connectivity index (χ0) is 12.5. The molecule has 3 rings (SSSR count). The maximum absolute atomic E-state index is 10.1. The molecule has 0 amide bonds. The van der Waals surface area contributed by atoms with Gasteiger partial charge in [-0.25, -0.2) is 0 Å². The molecule has 1 aromatic rings. The predicted octanol–water partition coefficient (Wildman–Crippen LogP) is 2.74. The normalized spacial score (nSPS) is 27.2. The lowest BCUT2D eigenvalue weighted by atomic mass is 9.81. The molecule has 98 valence electrons. The van der Waals surface area contributed by atoms with Crippen LogP contribution >= 0.6 is 0 Å². The van der Waals surface area contributed by atoms with E-state index in [1.807, 2.05) is 12.1 Å². The molecule has 1 aromatic carbocycles. The van der Waals surface area contributed by atoms with Gasteiger partial charge >= 0.3 is 0 Å². The molecule has 1 saturated heterocycles. The van der Waals surface area contributed by atoms with Crippen LogP contribution in [0, 0.1) is 0 Å². The molecule has 1 fully saturated rings. The topological polar surface area (TPSA) is 32.7 Å². The van der Waals surface area contributed by atoms with Crippen molar-refractivity contribution in [3.8, 4) is 11.5 Å². The molecular formula is C15H21NO2. The van der Waals surface area contributed by atoms with Gasteiger partial charge < -0.3 is 9.84 Å². The lowest BCUT2D eigenvalue weighted by molar-refractivity contribution is 0.0646. The second-order valence-corrected chi connectivity index (χ2v) is 5.35. The van der Waals surface area contributed by atoms with Crippen LogP contribution in [0.5, 0.6) is 11.5 Å². The number of piperidine rings is 1. The van der Waals surface area contributed by atoms with Crippen molar-refractivity contribution in [1.82, 2.24) is 4.90 Å². The Morgan fingerprint density at radius 2 is 2.33 bits per heavy atom. The third-order valence-electron chi connectivity index (χ3n) is 4.23. The van der Waals surface area contributed by atoms with E-state index in [1.54, 1.807) is 6.07 Å². The maximum atomic E-state index is 10.1. The maximum Gasteiger partial charge on any atom is 0.126 e. The number of phenolic OH excluding ortho intramolecular Hbond substituents is 1. The van der Waals surface area contributed by atoms with Crippen LogP contribution in [-0.4, -0.2) is 35.7 Å². The van der Waals surface area contributed by atoms with Crippen molar-refractivity contribution in [3.63, 3.8) is 0 Å². The Kier molecular flexibility index (Phi) is 3.16. The second kappa shape index (κ2) is 4.81. The Hall–Kier alpha value is -1.22. The number of phenols is 1. The molecule has 0 bridgehead atoms. The standard InChI is InChI=1S/C15H21NO2/c1-2-8-16-9-4-5-11-12(16)10-18-14-7-3-6-13(17)15(11)14/h3,6-7,11-12,17H,2,4-5,8-10H2,1H3/t11-,12+/m1/s1. The van der Waals surface area contributed by atoms with E-state index in [0.29, 0.717) is 17.7 Å². The summed E-state index contributed by atoms with van der Waals surface area (Å²) in [5.41, 5.74) is 1.04. The lowest BCUT2D eigenvalue weighted by Gasteiger charge is -2.44. The number of hydrogen-bond donors (Lipinski definition) is 1. The van der Waals surface area contributed by atoms with Gasteiger partial charge in [-0.05, 0) is 44.5 Å². The Bertz CT molecular complexity index is 431. The first kappa shape index (κ1) is 11.8. The highest BCUT2D eigenvalue weighted by Gasteiger charge is 2.38. The van der Waals surface area contributed by atoms with E-state index in [2.05, 4.69) is 11.8 Å². The zero-order valence-electron chi connectivity index (χ0n) is 10.9. The number of hydrogen-bond acceptors (Lipinski definition) is 3. The predicted molar refractivity (Wildman–Crippen MR) is 71.2 cm³/mol. The Morgan fingerprint density at radius 1 is 1.44 bits per heavy atom. The van der Waals surface area contributed by atoms with Crippen LogP contribution < -0.4 is 4.74 Å². The van der Waals surface area contributed by atoms with E-state index < -0.39 is 0 Å². The summed E-state index contributed by atoms with van der Waals surface area (Å²) in [4.78, 5) is 2.53. The number of nitrogens with zero attached hydrogens (tertiary/aromatic N) is 1. The van der Waals surface area contributed by atoms with Gasteiger partial charge in [-0.1, -0.05) is 13.0 Å². The summed E-state index contributed by atoms with van der Waals surface area (Å²) < 4.78 is 5.85. The SMILES string of the molecule is CCCN1CCC[C@H]2c3c(O)cccc3OC[C@@H]21. The number of benzene rings is 1. The van der Waals surface area contributed by atoms with Gasteiger partial charge in [-0.15, -0.1) is 0 Å². The molecule has 2 aliphatic heterocycles. The van der Waals surface area contributed by atoms with Crippen molar-refractivity contribution < 1.29 is 9.84 Å². The summed E-state index contributed by atoms with van der Waals surface area (Å²) >= 11 is 0. The third kappa shape index (κ3) is 1.87. The molecule has 0 saturated carbocycles. The fourth-order valence-corrected chi connectivity index (χ4v) is 3.46. The molecule has 3 heteroatoms. The van der Waals surface area contributed by atoms with Crippen LogP contribution in [0.4, 0.5) is 0 Å². The first-order valence-electron chi connectivity index (χ1n) is 7.00. The first-order valence-corrected chi connectivity index (χ1v) is 7.00. The van der Waals surface area contributed by atoms with Crippen LogP contribution in [0.1, 0.15) is 37.7 Å². The van der Waals surface area contributed by atoms with Gasteiger partial charge in [-0.3, -0.25) is 4.90 Å². The molecule has 2 atom stereocenters. The van der Waals surface area contributed by atoms with Crippen LogP contribution in [0.3, 0.4) is 0 Å². The van der Waals surface area contributed by atoms with Gasteiger partial charge in [0.25, 0.3) is 0 Å². The zero-order valence-corrected chi connectivity index (χ0v) is 10.9. The molecule has 0 spiro atoms.